The predicted octanol–water partition coefficient (Wildman–Crippen LogP) is 6.25. The molecular weight excluding hydrogens is 374 g/mol. The molecule has 152 valence electrons. The number of nitrogens with zero attached hydrogens (tertiary/aromatic N) is 2. The van der Waals surface area contributed by atoms with Crippen molar-refractivity contribution in [2.24, 2.45) is 5.92 Å². The van der Waals surface area contributed by atoms with Crippen molar-refractivity contribution in [3.8, 4) is 17.3 Å². The van der Waals surface area contributed by atoms with Crippen LogP contribution < -0.4 is 5.32 Å². The summed E-state index contributed by atoms with van der Waals surface area (Å²) in [5.74, 6) is 0.510. The molecule has 30 heavy (non-hydrogen) atoms. The summed E-state index contributed by atoms with van der Waals surface area (Å²) < 4.78 is 7.78. The zero-order valence-electron chi connectivity index (χ0n) is 17.1. The van der Waals surface area contributed by atoms with Crippen molar-refractivity contribution < 1.29 is 9.53 Å². The third-order valence-electron chi connectivity index (χ3n) is 6.45. The molecule has 0 spiro atoms. The molecule has 0 saturated heterocycles. The Kier molecular flexibility index (Phi) is 4.71. The molecule has 1 heterocycles. The summed E-state index contributed by atoms with van der Waals surface area (Å²) in [5.41, 5.74) is 4.49. The number of hydrogen-bond acceptors (Lipinski definition) is 3. The maximum absolute atomic E-state index is 12.1. The van der Waals surface area contributed by atoms with E-state index in [1.807, 2.05) is 49.4 Å². The van der Waals surface area contributed by atoms with Gasteiger partial charge in [0.25, 0.3) is 0 Å². The van der Waals surface area contributed by atoms with Gasteiger partial charge in [-0.25, -0.2) is 4.79 Å². The van der Waals surface area contributed by atoms with Crippen LogP contribution in [0.25, 0.3) is 22.2 Å². The van der Waals surface area contributed by atoms with Crippen molar-refractivity contribution in [3.63, 3.8) is 0 Å². The van der Waals surface area contributed by atoms with Crippen molar-refractivity contribution in [1.82, 2.24) is 4.57 Å². The predicted molar refractivity (Wildman–Crippen MR) is 117 cm³/mol. The highest BCUT2D eigenvalue weighted by molar-refractivity contribution is 5.95. The van der Waals surface area contributed by atoms with Crippen LogP contribution in [0.1, 0.15) is 50.6 Å². The SMILES string of the molecule is C[C@@H](OC(=O)Nc1ccc(-c2c(C#N)c3ccccc3n2C2CCC2)cc1)C1CC1. The van der Waals surface area contributed by atoms with E-state index in [9.17, 15) is 10.1 Å². The molecule has 1 amide bonds. The zero-order valence-corrected chi connectivity index (χ0v) is 17.1. The molecule has 3 aromatic rings. The topological polar surface area (TPSA) is 67.0 Å². The molecule has 5 heteroatoms. The van der Waals surface area contributed by atoms with E-state index in [0.29, 0.717) is 17.6 Å². The molecular formula is C25H25N3O2. The Balaban J connectivity index is 1.45. The standard InChI is InChI=1S/C25H25N3O2/c1-16(17-9-10-17)30-25(29)27-19-13-11-18(12-14-19)24-22(15-26)21-7-2-3-8-23(21)28(24)20-5-4-6-20/h2-3,7-8,11-14,16-17,20H,4-6,9-10H2,1H3,(H,27,29)/t16-/m1/s1. The van der Waals surface area contributed by atoms with Crippen LogP contribution in [0.3, 0.4) is 0 Å². The Morgan fingerprint density at radius 1 is 1.13 bits per heavy atom. The lowest BCUT2D eigenvalue weighted by Crippen LogP contribution is -2.21. The number of rotatable bonds is 5. The summed E-state index contributed by atoms with van der Waals surface area (Å²) in [5, 5.41) is 13.8. The molecule has 2 fully saturated rings. The summed E-state index contributed by atoms with van der Waals surface area (Å²) in [6.45, 7) is 1.95. The van der Waals surface area contributed by atoms with Crippen molar-refractivity contribution in [2.45, 2.75) is 51.2 Å². The summed E-state index contributed by atoms with van der Waals surface area (Å²) in [4.78, 5) is 12.1. The molecule has 2 saturated carbocycles. The van der Waals surface area contributed by atoms with Crippen LogP contribution in [0.5, 0.6) is 0 Å². The average Bonchev–Trinajstić information content (AvgIpc) is 3.51. The second-order valence-electron chi connectivity index (χ2n) is 8.46. The molecule has 2 aliphatic rings. The monoisotopic (exact) mass is 399 g/mol. The third kappa shape index (κ3) is 3.33. The van der Waals surface area contributed by atoms with Gasteiger partial charge in [0.1, 0.15) is 12.2 Å². The minimum absolute atomic E-state index is 0.0411. The zero-order chi connectivity index (χ0) is 20.7. The molecule has 2 aliphatic carbocycles. The number of fused-ring (bicyclic) bond motifs is 1. The maximum atomic E-state index is 12.1. The number of anilines is 1. The van der Waals surface area contributed by atoms with Crippen molar-refractivity contribution >= 4 is 22.7 Å². The highest BCUT2D eigenvalue weighted by atomic mass is 16.6. The van der Waals surface area contributed by atoms with Crippen LogP contribution in [0, 0.1) is 17.2 Å². The normalized spacial score (nSPS) is 17.2. The quantitative estimate of drug-likeness (QED) is 0.551. The van der Waals surface area contributed by atoms with Crippen LogP contribution in [-0.4, -0.2) is 16.8 Å². The number of nitrogens with one attached hydrogen (secondary N) is 1. The highest BCUT2D eigenvalue weighted by Gasteiger charge is 2.31. The number of carbonyl (C=O) groups excluding carboxylic acids is 1. The third-order valence-corrected chi connectivity index (χ3v) is 6.45. The van der Waals surface area contributed by atoms with E-state index in [1.165, 1.54) is 6.42 Å². The number of amides is 1. The Morgan fingerprint density at radius 2 is 1.87 bits per heavy atom. The molecule has 1 atom stereocenters. The second-order valence-corrected chi connectivity index (χ2v) is 8.46. The van der Waals surface area contributed by atoms with Crippen LogP contribution in [0.4, 0.5) is 10.5 Å². The first-order chi connectivity index (χ1) is 14.7. The first-order valence-corrected chi connectivity index (χ1v) is 10.8. The molecule has 5 rings (SSSR count). The van der Waals surface area contributed by atoms with E-state index in [1.54, 1.807) is 0 Å². The van der Waals surface area contributed by atoms with Crippen molar-refractivity contribution in [3.05, 3.63) is 54.1 Å². The smallest absolute Gasteiger partial charge is 0.411 e. The molecule has 0 radical (unpaired) electrons. The van der Waals surface area contributed by atoms with Gasteiger partial charge in [-0.05, 0) is 68.7 Å². The second kappa shape index (κ2) is 7.53. The fraction of sp³-hybridized carbons (Fsp3) is 0.360. The van der Waals surface area contributed by atoms with Crippen LogP contribution >= 0.6 is 0 Å². The summed E-state index contributed by atoms with van der Waals surface area (Å²) in [6.07, 6.45) is 5.33. The molecule has 0 unspecified atom stereocenters. The first-order valence-electron chi connectivity index (χ1n) is 10.8. The van der Waals surface area contributed by atoms with Gasteiger partial charge in [0.15, 0.2) is 0 Å². The average molecular weight is 399 g/mol. The summed E-state index contributed by atoms with van der Waals surface area (Å²) in [6, 6.07) is 18.7. The number of benzene rings is 2. The molecule has 1 N–H and O–H groups in total. The van der Waals surface area contributed by atoms with Gasteiger partial charge >= 0.3 is 6.09 Å². The Labute approximate surface area is 176 Å². The van der Waals surface area contributed by atoms with Crippen molar-refractivity contribution in [2.75, 3.05) is 5.32 Å². The molecule has 0 aliphatic heterocycles. The van der Waals surface area contributed by atoms with Gasteiger partial charge < -0.3 is 9.30 Å². The van der Waals surface area contributed by atoms with Gasteiger partial charge in [-0.2, -0.15) is 5.26 Å². The number of carbonyl (C=O) groups is 1. The van der Waals surface area contributed by atoms with E-state index in [-0.39, 0.29) is 6.10 Å². The number of hydrogen-bond donors (Lipinski definition) is 1. The number of aromatic nitrogens is 1. The van der Waals surface area contributed by atoms with Gasteiger partial charge in [-0.1, -0.05) is 30.3 Å². The van der Waals surface area contributed by atoms with E-state index in [4.69, 9.17) is 4.74 Å². The number of nitriles is 1. The van der Waals surface area contributed by atoms with Gasteiger partial charge in [0.05, 0.1) is 16.8 Å². The minimum atomic E-state index is -0.413. The molecule has 1 aromatic heterocycles. The molecule has 0 bridgehead atoms. The number of para-hydroxylation sites is 1. The summed E-state index contributed by atoms with van der Waals surface area (Å²) in [7, 11) is 0. The van der Waals surface area contributed by atoms with Crippen LogP contribution in [0.2, 0.25) is 0 Å². The van der Waals surface area contributed by atoms with E-state index in [0.717, 1.165) is 53.4 Å². The number of ether oxygens (including phenoxy) is 1. The fourth-order valence-corrected chi connectivity index (χ4v) is 4.37. The van der Waals surface area contributed by atoms with E-state index >= 15 is 0 Å². The summed E-state index contributed by atoms with van der Waals surface area (Å²) >= 11 is 0. The lowest BCUT2D eigenvalue weighted by Gasteiger charge is -2.30. The van der Waals surface area contributed by atoms with Crippen LogP contribution in [-0.2, 0) is 4.74 Å². The maximum Gasteiger partial charge on any atom is 0.411 e. The van der Waals surface area contributed by atoms with Crippen LogP contribution in [0.15, 0.2) is 48.5 Å². The molecule has 2 aromatic carbocycles. The lowest BCUT2D eigenvalue weighted by atomic mass is 9.92. The van der Waals surface area contributed by atoms with Gasteiger partial charge in [0.2, 0.25) is 0 Å². The minimum Gasteiger partial charge on any atom is -0.446 e. The Morgan fingerprint density at radius 3 is 2.50 bits per heavy atom. The first kappa shape index (κ1) is 18.7. The van der Waals surface area contributed by atoms with E-state index in [2.05, 4.69) is 22.0 Å². The van der Waals surface area contributed by atoms with Crippen molar-refractivity contribution in [1.29, 1.82) is 5.26 Å². The highest BCUT2D eigenvalue weighted by Crippen LogP contribution is 2.42. The largest absolute Gasteiger partial charge is 0.446 e. The van der Waals surface area contributed by atoms with Gasteiger partial charge in [-0.15, -0.1) is 0 Å². The fourth-order valence-electron chi connectivity index (χ4n) is 4.37. The Hall–Kier alpha value is -3.26. The van der Waals surface area contributed by atoms with Gasteiger partial charge in [0, 0.05) is 17.1 Å². The molecule has 5 nitrogen and oxygen atoms in total. The van der Waals surface area contributed by atoms with Gasteiger partial charge in [-0.3, -0.25) is 5.32 Å². The Bertz CT molecular complexity index is 1130. The lowest BCUT2D eigenvalue weighted by molar-refractivity contribution is 0.108. The van der Waals surface area contributed by atoms with E-state index < -0.39 is 6.09 Å².